The number of para-hydroxylation sites is 1. The van der Waals surface area contributed by atoms with Crippen LogP contribution in [0, 0.1) is 6.92 Å². The molecule has 4 aromatic carbocycles. The Balaban J connectivity index is 0.000000245. The van der Waals surface area contributed by atoms with Gasteiger partial charge in [0.1, 0.15) is 16.7 Å². The van der Waals surface area contributed by atoms with Crippen LogP contribution in [0.15, 0.2) is 119 Å². The molecule has 6 nitrogen and oxygen atoms in total. The molecule has 7 heteroatoms. The van der Waals surface area contributed by atoms with E-state index in [0.717, 1.165) is 34.8 Å². The molecular weight excluding hydrogens is 484 g/mol. The largest absolute Gasteiger partial charge is 0.744 e. The Kier molecular flexibility index (Phi) is 8.18. The summed E-state index contributed by atoms with van der Waals surface area (Å²) in [7, 11) is -4.27. The Morgan fingerprint density at radius 3 is 2.14 bits per heavy atom. The Hall–Kier alpha value is -4.20. The minimum atomic E-state index is -4.27. The third kappa shape index (κ3) is 6.73. The van der Waals surface area contributed by atoms with Crippen molar-refractivity contribution < 1.29 is 22.0 Å². The Morgan fingerprint density at radius 2 is 1.51 bits per heavy atom. The second-order valence-corrected chi connectivity index (χ2v) is 9.72. The predicted octanol–water partition coefficient (Wildman–Crippen LogP) is 6.39. The molecule has 0 fully saturated rings. The van der Waals surface area contributed by atoms with Gasteiger partial charge in [0, 0.05) is 18.0 Å². The average molecular weight is 513 g/mol. The Morgan fingerprint density at radius 1 is 0.865 bits per heavy atom. The Labute approximate surface area is 217 Å². The molecule has 0 bridgehead atoms. The standard InChI is InChI=1S/C23H20N2O.C7H8O3S/c1-2-25-21-17-19(18-9-5-3-6-10-18)13-14-22(21)26-23(25)15-16-24-20-11-7-4-8-12-20;1-6-2-4-7(5-3-6)11(8,9)10/h3-17H,2H2,1H3;2-5H,1H3,(H,8,9,10). The van der Waals surface area contributed by atoms with Crippen molar-refractivity contribution in [3.05, 3.63) is 121 Å². The predicted molar refractivity (Wildman–Crippen MR) is 146 cm³/mol. The van der Waals surface area contributed by atoms with E-state index in [1.165, 1.54) is 23.3 Å². The van der Waals surface area contributed by atoms with Gasteiger partial charge in [0.15, 0.2) is 0 Å². The lowest BCUT2D eigenvalue weighted by Gasteiger charge is -2.05. The summed E-state index contributed by atoms with van der Waals surface area (Å²) in [5, 5.41) is 3.27. The highest BCUT2D eigenvalue weighted by molar-refractivity contribution is 7.85. The molecule has 0 aliphatic rings. The summed E-state index contributed by atoms with van der Waals surface area (Å²) in [6.07, 6.45) is 3.88. The minimum absolute atomic E-state index is 0.178. The molecule has 5 rings (SSSR count). The number of aromatic nitrogens is 1. The summed E-state index contributed by atoms with van der Waals surface area (Å²) in [5.74, 6) is 0.830. The highest BCUT2D eigenvalue weighted by Crippen LogP contribution is 2.24. The molecule has 37 heavy (non-hydrogen) atoms. The number of hydrogen-bond acceptors (Lipinski definition) is 5. The first kappa shape index (κ1) is 25.9. The van der Waals surface area contributed by atoms with E-state index in [1.54, 1.807) is 12.1 Å². The molecule has 0 amide bonds. The number of aryl methyl sites for hydroxylation is 2. The fourth-order valence-corrected chi connectivity index (χ4v) is 4.28. The van der Waals surface area contributed by atoms with Crippen molar-refractivity contribution in [2.45, 2.75) is 25.3 Å². The van der Waals surface area contributed by atoms with Gasteiger partial charge in [-0.25, -0.2) is 8.42 Å². The maximum atomic E-state index is 10.4. The second-order valence-electron chi connectivity index (χ2n) is 8.34. The van der Waals surface area contributed by atoms with E-state index >= 15 is 0 Å². The van der Waals surface area contributed by atoms with Crippen molar-refractivity contribution in [1.29, 1.82) is 0 Å². The lowest BCUT2D eigenvalue weighted by molar-refractivity contribution is -0.674. The van der Waals surface area contributed by atoms with Gasteiger partial charge in [-0.05, 0) is 55.3 Å². The maximum Gasteiger partial charge on any atom is 0.375 e. The first-order valence-electron chi connectivity index (χ1n) is 11.9. The van der Waals surface area contributed by atoms with E-state index in [2.05, 4.69) is 53.2 Å². The smallest absolute Gasteiger partial charge is 0.375 e. The zero-order chi connectivity index (χ0) is 26.3. The van der Waals surface area contributed by atoms with Gasteiger partial charge in [-0.15, -0.1) is 0 Å². The molecule has 0 saturated heterocycles. The molecule has 1 heterocycles. The van der Waals surface area contributed by atoms with Crippen LogP contribution in [0.5, 0.6) is 0 Å². The average Bonchev–Trinajstić information content (AvgIpc) is 3.26. The topological polar surface area (TPSA) is 86.2 Å². The third-order valence-corrected chi connectivity index (χ3v) is 6.56. The van der Waals surface area contributed by atoms with Crippen LogP contribution in [0.1, 0.15) is 18.4 Å². The zero-order valence-electron chi connectivity index (χ0n) is 20.7. The SMILES string of the molecule is CC[n+]1c(C=CNc2ccccc2)oc2ccc(-c3ccccc3)cc21.Cc1ccc(S(=O)(=O)[O-])cc1. The van der Waals surface area contributed by atoms with E-state index in [-0.39, 0.29) is 4.90 Å². The summed E-state index contributed by atoms with van der Waals surface area (Å²) < 4.78 is 39.4. The number of nitrogens with zero attached hydrogens (tertiary/aromatic N) is 1. The van der Waals surface area contributed by atoms with Gasteiger partial charge in [0.25, 0.3) is 5.52 Å². The number of anilines is 1. The quantitative estimate of drug-likeness (QED) is 0.210. The van der Waals surface area contributed by atoms with Crippen molar-refractivity contribution in [1.82, 2.24) is 0 Å². The summed E-state index contributed by atoms with van der Waals surface area (Å²) in [5.41, 5.74) is 6.38. The van der Waals surface area contributed by atoms with Crippen LogP contribution in [0.3, 0.4) is 0 Å². The van der Waals surface area contributed by atoms with Crippen molar-refractivity contribution >= 4 is 33.0 Å². The van der Waals surface area contributed by atoms with Crippen molar-refractivity contribution in [3.8, 4) is 11.1 Å². The lowest BCUT2D eigenvalue weighted by Crippen LogP contribution is -2.33. The minimum Gasteiger partial charge on any atom is -0.744 e. The van der Waals surface area contributed by atoms with Crippen LogP contribution >= 0.6 is 0 Å². The van der Waals surface area contributed by atoms with Crippen molar-refractivity contribution in [2.75, 3.05) is 5.32 Å². The number of fused-ring (bicyclic) bond motifs is 1. The molecule has 188 valence electrons. The number of oxazole rings is 1. The van der Waals surface area contributed by atoms with Crippen molar-refractivity contribution in [2.24, 2.45) is 0 Å². The normalized spacial score (nSPS) is 11.3. The summed E-state index contributed by atoms with van der Waals surface area (Å²) >= 11 is 0. The van der Waals surface area contributed by atoms with E-state index in [0.29, 0.717) is 0 Å². The van der Waals surface area contributed by atoms with Crippen LogP contribution in [-0.4, -0.2) is 13.0 Å². The van der Waals surface area contributed by atoms with Crippen LogP contribution in [0.25, 0.3) is 28.3 Å². The Bertz CT molecular complexity index is 1590. The summed E-state index contributed by atoms with van der Waals surface area (Å²) in [4.78, 5) is -0.178. The monoisotopic (exact) mass is 512 g/mol. The van der Waals surface area contributed by atoms with E-state index in [9.17, 15) is 13.0 Å². The molecule has 0 spiro atoms. The zero-order valence-corrected chi connectivity index (χ0v) is 21.5. The third-order valence-electron chi connectivity index (χ3n) is 5.71. The highest BCUT2D eigenvalue weighted by atomic mass is 32.2. The van der Waals surface area contributed by atoms with Crippen LogP contribution < -0.4 is 9.88 Å². The molecule has 0 aliphatic carbocycles. The fraction of sp³-hybridized carbons (Fsp3) is 0.100. The number of nitrogens with one attached hydrogen (secondary N) is 1. The highest BCUT2D eigenvalue weighted by Gasteiger charge is 2.19. The number of benzene rings is 4. The molecule has 0 unspecified atom stereocenters. The molecule has 0 saturated carbocycles. The molecule has 1 N–H and O–H groups in total. The van der Waals surface area contributed by atoms with Crippen LogP contribution in [0.2, 0.25) is 0 Å². The van der Waals surface area contributed by atoms with Crippen LogP contribution in [-0.2, 0) is 16.7 Å². The molecule has 5 aromatic rings. The first-order chi connectivity index (χ1) is 17.8. The maximum absolute atomic E-state index is 10.4. The lowest BCUT2D eigenvalue weighted by atomic mass is 10.1. The molecular formula is C30H28N2O4S. The first-order valence-corrected chi connectivity index (χ1v) is 13.3. The summed E-state index contributed by atoms with van der Waals surface area (Å²) in [6, 6.07) is 32.6. The fourth-order valence-electron chi connectivity index (χ4n) is 3.81. The van der Waals surface area contributed by atoms with Gasteiger partial charge in [-0.3, -0.25) is 0 Å². The second kappa shape index (κ2) is 11.7. The van der Waals surface area contributed by atoms with Gasteiger partial charge in [-0.1, -0.05) is 72.3 Å². The molecule has 0 radical (unpaired) electrons. The van der Waals surface area contributed by atoms with Crippen molar-refractivity contribution in [3.63, 3.8) is 0 Å². The van der Waals surface area contributed by atoms with E-state index in [4.69, 9.17) is 4.42 Å². The number of rotatable bonds is 6. The molecule has 0 atom stereocenters. The van der Waals surface area contributed by atoms with E-state index < -0.39 is 10.1 Å². The summed E-state index contributed by atoms with van der Waals surface area (Å²) in [6.45, 7) is 4.80. The van der Waals surface area contributed by atoms with Gasteiger partial charge >= 0.3 is 5.89 Å². The van der Waals surface area contributed by atoms with Gasteiger partial charge in [-0.2, -0.15) is 4.57 Å². The van der Waals surface area contributed by atoms with E-state index in [1.807, 2.05) is 61.7 Å². The van der Waals surface area contributed by atoms with Crippen LogP contribution in [0.4, 0.5) is 5.69 Å². The van der Waals surface area contributed by atoms with Gasteiger partial charge in [0.2, 0.25) is 5.58 Å². The van der Waals surface area contributed by atoms with Gasteiger partial charge < -0.3 is 14.3 Å². The molecule has 1 aromatic heterocycles. The number of hydrogen-bond donors (Lipinski definition) is 1. The molecule has 0 aliphatic heterocycles. The van der Waals surface area contributed by atoms with Gasteiger partial charge in [0.05, 0.1) is 11.0 Å².